The summed E-state index contributed by atoms with van der Waals surface area (Å²) in [7, 11) is 0. The van der Waals surface area contributed by atoms with Gasteiger partial charge >= 0.3 is 0 Å². The molecule has 1 aromatic heterocycles. The van der Waals surface area contributed by atoms with Gasteiger partial charge in [-0.05, 0) is 13.6 Å². The van der Waals surface area contributed by atoms with E-state index in [4.69, 9.17) is 0 Å². The Labute approximate surface area is 47.0 Å². The van der Waals surface area contributed by atoms with Crippen LogP contribution in [0.5, 0.6) is 0 Å². The van der Waals surface area contributed by atoms with Crippen LogP contribution in [-0.2, 0) is 0 Å². The molecule has 0 aliphatic rings. The quantitative estimate of drug-likeness (QED) is 0.511. The molecular weight excluding hydrogens is 104 g/mol. The standard InChI is InChI=1S/C5H6N2O/c1-4-3-5(6-2)8-7-4/h3H,2H2,1H3. The van der Waals surface area contributed by atoms with Crippen molar-refractivity contribution in [2.24, 2.45) is 4.99 Å². The number of hydrogen-bond acceptors (Lipinski definition) is 3. The zero-order valence-corrected chi connectivity index (χ0v) is 4.59. The van der Waals surface area contributed by atoms with Gasteiger partial charge in [0.1, 0.15) is 0 Å². The summed E-state index contributed by atoms with van der Waals surface area (Å²) >= 11 is 0. The maximum absolute atomic E-state index is 4.63. The average Bonchev–Trinajstić information content (AvgIpc) is 2.14. The zero-order valence-electron chi connectivity index (χ0n) is 4.59. The van der Waals surface area contributed by atoms with Gasteiger partial charge in [0, 0.05) is 6.07 Å². The molecule has 0 aliphatic heterocycles. The van der Waals surface area contributed by atoms with Crippen molar-refractivity contribution >= 4 is 12.6 Å². The summed E-state index contributed by atoms with van der Waals surface area (Å²) in [6.45, 7) is 5.09. The number of aryl methyl sites for hydroxylation is 1. The van der Waals surface area contributed by atoms with Gasteiger partial charge in [-0.3, -0.25) is 0 Å². The van der Waals surface area contributed by atoms with Crippen LogP contribution in [0.25, 0.3) is 0 Å². The number of aliphatic imine (C=N–C) groups is 1. The van der Waals surface area contributed by atoms with Crippen LogP contribution in [0.4, 0.5) is 5.88 Å². The summed E-state index contributed by atoms with van der Waals surface area (Å²) in [5, 5.41) is 3.58. The summed E-state index contributed by atoms with van der Waals surface area (Å²) in [5.74, 6) is 0.475. The molecular formula is C5H6N2O. The molecule has 0 spiro atoms. The lowest BCUT2D eigenvalue weighted by atomic mass is 10.5. The average molecular weight is 110 g/mol. The van der Waals surface area contributed by atoms with Crippen LogP contribution in [0, 0.1) is 6.92 Å². The van der Waals surface area contributed by atoms with Crippen molar-refractivity contribution < 1.29 is 4.52 Å². The van der Waals surface area contributed by atoms with Crippen molar-refractivity contribution in [1.29, 1.82) is 0 Å². The molecule has 0 N–H and O–H groups in total. The minimum absolute atomic E-state index is 0.475. The van der Waals surface area contributed by atoms with Gasteiger partial charge < -0.3 is 4.52 Å². The Bertz CT molecular complexity index is 192. The minimum Gasteiger partial charge on any atom is -0.336 e. The second-order valence-electron chi connectivity index (χ2n) is 1.46. The molecule has 0 unspecified atom stereocenters. The first-order valence-corrected chi connectivity index (χ1v) is 2.23. The van der Waals surface area contributed by atoms with E-state index in [9.17, 15) is 0 Å². The summed E-state index contributed by atoms with van der Waals surface area (Å²) in [5.41, 5.74) is 0.826. The number of hydrogen-bond donors (Lipinski definition) is 0. The van der Waals surface area contributed by atoms with Crippen LogP contribution in [-0.4, -0.2) is 11.9 Å². The van der Waals surface area contributed by atoms with E-state index in [0.29, 0.717) is 5.88 Å². The molecule has 1 heterocycles. The molecule has 0 bridgehead atoms. The SMILES string of the molecule is C=Nc1cc(C)no1. The Hall–Kier alpha value is -1.12. The number of nitrogens with zero attached hydrogens (tertiary/aromatic N) is 2. The number of rotatable bonds is 1. The highest BCUT2D eigenvalue weighted by Crippen LogP contribution is 2.09. The molecule has 3 nitrogen and oxygen atoms in total. The second-order valence-corrected chi connectivity index (χ2v) is 1.46. The fourth-order valence-corrected chi connectivity index (χ4v) is 0.425. The van der Waals surface area contributed by atoms with Crippen molar-refractivity contribution in [3.05, 3.63) is 11.8 Å². The first-order valence-electron chi connectivity index (χ1n) is 2.23. The predicted octanol–water partition coefficient (Wildman–Crippen LogP) is 1.32. The minimum atomic E-state index is 0.475. The highest BCUT2D eigenvalue weighted by Gasteiger charge is 1.92. The van der Waals surface area contributed by atoms with Crippen molar-refractivity contribution in [3.63, 3.8) is 0 Å². The van der Waals surface area contributed by atoms with Gasteiger partial charge in [-0.15, -0.1) is 0 Å². The lowest BCUT2D eigenvalue weighted by Crippen LogP contribution is -1.59. The van der Waals surface area contributed by atoms with E-state index in [0.717, 1.165) is 5.69 Å². The molecule has 8 heavy (non-hydrogen) atoms. The normalized spacial score (nSPS) is 9.12. The van der Waals surface area contributed by atoms with Gasteiger partial charge in [0.2, 0.25) is 5.88 Å². The fraction of sp³-hybridized carbons (Fsp3) is 0.200. The van der Waals surface area contributed by atoms with E-state index < -0.39 is 0 Å². The first kappa shape index (κ1) is 5.03. The first-order chi connectivity index (χ1) is 3.83. The summed E-state index contributed by atoms with van der Waals surface area (Å²) in [6.07, 6.45) is 0. The van der Waals surface area contributed by atoms with Crippen molar-refractivity contribution in [3.8, 4) is 0 Å². The van der Waals surface area contributed by atoms with E-state index in [1.807, 2.05) is 6.92 Å². The van der Waals surface area contributed by atoms with Crippen LogP contribution in [0.2, 0.25) is 0 Å². The van der Waals surface area contributed by atoms with Crippen LogP contribution >= 0.6 is 0 Å². The van der Waals surface area contributed by atoms with Crippen LogP contribution in [0.3, 0.4) is 0 Å². The Morgan fingerprint density at radius 3 is 2.88 bits per heavy atom. The lowest BCUT2D eigenvalue weighted by molar-refractivity contribution is 0.425. The van der Waals surface area contributed by atoms with Gasteiger partial charge in [-0.25, -0.2) is 4.99 Å². The summed E-state index contributed by atoms with van der Waals surface area (Å²) in [6, 6.07) is 1.72. The summed E-state index contributed by atoms with van der Waals surface area (Å²) in [4.78, 5) is 3.51. The number of aromatic nitrogens is 1. The van der Waals surface area contributed by atoms with Gasteiger partial charge in [0.15, 0.2) is 0 Å². The molecule has 0 aromatic carbocycles. The third-order valence-electron chi connectivity index (χ3n) is 0.771. The maximum Gasteiger partial charge on any atom is 0.250 e. The van der Waals surface area contributed by atoms with E-state index in [1.54, 1.807) is 6.07 Å². The summed E-state index contributed by atoms with van der Waals surface area (Å²) < 4.78 is 4.63. The fourth-order valence-electron chi connectivity index (χ4n) is 0.425. The molecule has 0 saturated heterocycles. The largest absolute Gasteiger partial charge is 0.336 e. The van der Waals surface area contributed by atoms with Crippen LogP contribution in [0.1, 0.15) is 5.69 Å². The molecule has 0 saturated carbocycles. The zero-order chi connectivity index (χ0) is 5.98. The van der Waals surface area contributed by atoms with E-state index in [-0.39, 0.29) is 0 Å². The van der Waals surface area contributed by atoms with Crippen LogP contribution in [0.15, 0.2) is 15.6 Å². The molecule has 1 rings (SSSR count). The third-order valence-corrected chi connectivity index (χ3v) is 0.771. The van der Waals surface area contributed by atoms with Crippen molar-refractivity contribution in [2.45, 2.75) is 6.92 Å². The molecule has 1 aromatic rings. The molecule has 0 atom stereocenters. The Morgan fingerprint density at radius 1 is 1.88 bits per heavy atom. The topological polar surface area (TPSA) is 38.4 Å². The Kier molecular flexibility index (Phi) is 1.12. The lowest BCUT2D eigenvalue weighted by Gasteiger charge is -1.70. The highest BCUT2D eigenvalue weighted by molar-refractivity contribution is 5.37. The molecule has 0 aliphatic carbocycles. The Morgan fingerprint density at radius 2 is 2.62 bits per heavy atom. The molecule has 0 fully saturated rings. The van der Waals surface area contributed by atoms with Gasteiger partial charge in [-0.2, -0.15) is 0 Å². The van der Waals surface area contributed by atoms with Gasteiger partial charge in [-0.1, -0.05) is 5.16 Å². The van der Waals surface area contributed by atoms with Crippen molar-refractivity contribution in [1.82, 2.24) is 5.16 Å². The molecule has 42 valence electrons. The van der Waals surface area contributed by atoms with Crippen molar-refractivity contribution in [2.75, 3.05) is 0 Å². The van der Waals surface area contributed by atoms with Gasteiger partial charge in [0.05, 0.1) is 5.69 Å². The van der Waals surface area contributed by atoms with E-state index in [1.165, 1.54) is 0 Å². The monoisotopic (exact) mass is 110 g/mol. The second kappa shape index (κ2) is 1.78. The maximum atomic E-state index is 4.63. The van der Waals surface area contributed by atoms with E-state index >= 15 is 0 Å². The molecule has 0 radical (unpaired) electrons. The highest BCUT2D eigenvalue weighted by atomic mass is 16.5. The van der Waals surface area contributed by atoms with Crippen LogP contribution < -0.4 is 0 Å². The predicted molar refractivity (Wildman–Crippen MR) is 30.4 cm³/mol. The molecule has 3 heteroatoms. The van der Waals surface area contributed by atoms with E-state index in [2.05, 4.69) is 21.4 Å². The third kappa shape index (κ3) is 0.753. The molecule has 0 amide bonds. The smallest absolute Gasteiger partial charge is 0.250 e. The Balaban J connectivity index is 3.00. The van der Waals surface area contributed by atoms with Gasteiger partial charge in [0.25, 0.3) is 0 Å².